The quantitative estimate of drug-likeness (QED) is 0.0651. The van der Waals surface area contributed by atoms with Gasteiger partial charge in [-0.3, -0.25) is 0 Å². The summed E-state index contributed by atoms with van der Waals surface area (Å²) in [5.41, 5.74) is 29.0. The number of anilines is 3. The van der Waals surface area contributed by atoms with Gasteiger partial charge in [0, 0.05) is 38.9 Å². The molecule has 2 aliphatic carbocycles. The molecule has 448 valence electrons. The second-order valence-electron chi connectivity index (χ2n) is 25.6. The Morgan fingerprint density at radius 3 is 1.33 bits per heavy atom. The minimum absolute atomic E-state index is 0.237. The van der Waals surface area contributed by atoms with E-state index < -0.39 is 5.41 Å². The van der Waals surface area contributed by atoms with Crippen LogP contribution in [0.4, 0.5) is 17.1 Å². The van der Waals surface area contributed by atoms with Gasteiger partial charge in [0.15, 0.2) is 0 Å². The van der Waals surface area contributed by atoms with E-state index in [4.69, 9.17) is 0 Å². The summed E-state index contributed by atoms with van der Waals surface area (Å²) in [5, 5.41) is 2.48. The van der Waals surface area contributed by atoms with Gasteiger partial charge in [0.2, 0.25) is 0 Å². The summed E-state index contributed by atoms with van der Waals surface area (Å²) < 4.78 is 2.56. The molecule has 0 aliphatic heterocycles. The van der Waals surface area contributed by atoms with Crippen LogP contribution in [0, 0.1) is 0 Å². The molecular weight excluding hydrogens is 1110 g/mol. The van der Waals surface area contributed by atoms with Gasteiger partial charge in [-0.05, 0) is 186 Å². The molecule has 92 heavy (non-hydrogen) atoms. The molecule has 0 unspecified atom stereocenters. The first kappa shape index (κ1) is 58.1. The molecule has 1 aromatic heterocycles. The molecule has 0 atom stereocenters. The second-order valence-corrected chi connectivity index (χ2v) is 25.6. The van der Waals surface area contributed by atoms with Crippen molar-refractivity contribution in [1.29, 1.82) is 0 Å². The average molecular weight is 1190 g/mol. The molecule has 2 aliphatic rings. The lowest BCUT2D eigenvalue weighted by Crippen LogP contribution is -2.28. The minimum Gasteiger partial charge on any atom is -0.310 e. The SMILES string of the molecule is C=Cc1ccc(-c2ccc3c(c2)c2cc(-c4ccc(C=C)cc4)ccc2n3-c2ccc3c(c2)C(CCCCCC)(CCCCCC)c2cc(N(c4cccc(-c5ccccc5)c4)c4ccc5c(c4)C(c4ccccc4)(c4ccccc4)c4ccccc4-5)ccc2-3)cc1. The third kappa shape index (κ3) is 10.0. The van der Waals surface area contributed by atoms with Crippen LogP contribution >= 0.6 is 0 Å². The van der Waals surface area contributed by atoms with E-state index in [1.807, 2.05) is 12.2 Å². The van der Waals surface area contributed by atoms with Crippen LogP contribution in [-0.4, -0.2) is 4.57 Å². The van der Waals surface area contributed by atoms with Crippen molar-refractivity contribution in [3.05, 3.63) is 337 Å². The van der Waals surface area contributed by atoms with Crippen LogP contribution in [0.2, 0.25) is 0 Å². The van der Waals surface area contributed by atoms with Crippen molar-refractivity contribution >= 4 is 51.0 Å². The van der Waals surface area contributed by atoms with Crippen molar-refractivity contribution < 1.29 is 0 Å². The Hall–Kier alpha value is -10.3. The van der Waals surface area contributed by atoms with Crippen LogP contribution in [0.15, 0.2) is 292 Å². The van der Waals surface area contributed by atoms with Crippen molar-refractivity contribution in [2.75, 3.05) is 4.90 Å². The number of nitrogens with zero attached hydrogens (tertiary/aromatic N) is 2. The van der Waals surface area contributed by atoms with E-state index in [0.29, 0.717) is 0 Å². The van der Waals surface area contributed by atoms with Gasteiger partial charge in [0.05, 0.1) is 16.4 Å². The molecule has 0 N–H and O–H groups in total. The molecule has 0 radical (unpaired) electrons. The summed E-state index contributed by atoms with van der Waals surface area (Å²) in [7, 11) is 0. The topological polar surface area (TPSA) is 8.17 Å². The van der Waals surface area contributed by atoms with E-state index in [2.05, 4.69) is 316 Å². The minimum atomic E-state index is -0.554. The van der Waals surface area contributed by atoms with E-state index in [-0.39, 0.29) is 5.41 Å². The lowest BCUT2D eigenvalue weighted by Gasteiger charge is -2.35. The Kier molecular flexibility index (Phi) is 15.7. The van der Waals surface area contributed by atoms with Gasteiger partial charge in [-0.15, -0.1) is 0 Å². The highest BCUT2D eigenvalue weighted by atomic mass is 15.1. The number of unbranched alkanes of at least 4 members (excludes halogenated alkanes) is 6. The molecule has 15 rings (SSSR count). The van der Waals surface area contributed by atoms with Crippen LogP contribution in [0.1, 0.15) is 123 Å². The molecule has 2 heteroatoms. The summed E-state index contributed by atoms with van der Waals surface area (Å²) in [5.74, 6) is 0. The predicted molar refractivity (Wildman–Crippen MR) is 393 cm³/mol. The Labute approximate surface area is 544 Å². The van der Waals surface area contributed by atoms with E-state index in [9.17, 15) is 0 Å². The fourth-order valence-electron chi connectivity index (χ4n) is 15.9. The van der Waals surface area contributed by atoms with Gasteiger partial charge < -0.3 is 9.47 Å². The van der Waals surface area contributed by atoms with Crippen LogP contribution in [-0.2, 0) is 10.8 Å². The predicted octanol–water partition coefficient (Wildman–Crippen LogP) is 25.1. The first-order chi connectivity index (χ1) is 45.4. The third-order valence-electron chi connectivity index (χ3n) is 20.4. The summed E-state index contributed by atoms with van der Waals surface area (Å²) in [6, 6.07) is 106. The average Bonchev–Trinajstić information content (AvgIpc) is 1.54. The molecule has 0 saturated carbocycles. The lowest BCUT2D eigenvalue weighted by molar-refractivity contribution is 0.401. The number of rotatable bonds is 21. The highest BCUT2D eigenvalue weighted by Crippen LogP contribution is 2.59. The highest BCUT2D eigenvalue weighted by molar-refractivity contribution is 6.12. The lowest BCUT2D eigenvalue weighted by atomic mass is 9.67. The summed E-state index contributed by atoms with van der Waals surface area (Å²) in [6.45, 7) is 12.8. The summed E-state index contributed by atoms with van der Waals surface area (Å²) in [4.78, 5) is 2.58. The van der Waals surface area contributed by atoms with Gasteiger partial charge in [-0.2, -0.15) is 0 Å². The van der Waals surface area contributed by atoms with E-state index in [1.165, 1.54) is 161 Å². The number of benzene rings is 12. The molecule has 0 bridgehead atoms. The first-order valence-corrected chi connectivity index (χ1v) is 33.6. The molecule has 2 nitrogen and oxygen atoms in total. The van der Waals surface area contributed by atoms with Crippen molar-refractivity contribution in [1.82, 2.24) is 4.57 Å². The van der Waals surface area contributed by atoms with Crippen LogP contribution in [0.5, 0.6) is 0 Å². The smallest absolute Gasteiger partial charge is 0.0714 e. The van der Waals surface area contributed by atoms with Gasteiger partial charge in [0.1, 0.15) is 0 Å². The molecule has 12 aromatic carbocycles. The standard InChI is InChI=1S/C90H78N2/c1-5-9-11-24-55-89(56-25-12-10-6-2)84-60-74(91(73-34-26-29-68(57-73)65-27-16-13-17-28-65)75-48-52-80-77-35-22-23-36-83(77)90(86(80)62-75,71-30-18-14-19-31-71)72-32-20-15-21-33-72)47-50-78(84)79-51-49-76(61-85(79)89)92-87-53-45-69(66-41-37-63(7-3)38-42-66)58-81(87)82-59-70(46-54-88(82)92)67-43-39-64(8-4)40-44-67/h7-8,13-23,26-54,57-62H,3-6,9-12,24-25,55-56H2,1-2H3. The Bertz CT molecular complexity index is 4690. The van der Waals surface area contributed by atoms with Crippen molar-refractivity contribution in [2.45, 2.75) is 88.9 Å². The molecule has 1 heterocycles. The molecule has 0 fully saturated rings. The van der Waals surface area contributed by atoms with Crippen LogP contribution in [0.25, 0.3) is 95.3 Å². The normalized spacial score (nSPS) is 13.2. The number of hydrogen-bond donors (Lipinski definition) is 0. The second kappa shape index (κ2) is 24.8. The van der Waals surface area contributed by atoms with Crippen LogP contribution < -0.4 is 4.90 Å². The summed E-state index contributed by atoms with van der Waals surface area (Å²) in [6.07, 6.45) is 15.6. The van der Waals surface area contributed by atoms with Crippen molar-refractivity contribution in [2.24, 2.45) is 0 Å². The van der Waals surface area contributed by atoms with Gasteiger partial charge in [-0.1, -0.05) is 297 Å². The largest absolute Gasteiger partial charge is 0.310 e. The maximum atomic E-state index is 4.04. The maximum Gasteiger partial charge on any atom is 0.0714 e. The zero-order valence-corrected chi connectivity index (χ0v) is 53.1. The van der Waals surface area contributed by atoms with E-state index in [0.717, 1.165) is 48.2 Å². The number of hydrogen-bond acceptors (Lipinski definition) is 1. The Morgan fingerprint density at radius 2 is 0.772 bits per heavy atom. The van der Waals surface area contributed by atoms with Crippen molar-refractivity contribution in [3.8, 4) is 61.3 Å². The maximum absolute atomic E-state index is 4.04. The highest BCUT2D eigenvalue weighted by Gasteiger charge is 2.47. The van der Waals surface area contributed by atoms with Crippen molar-refractivity contribution in [3.63, 3.8) is 0 Å². The summed E-state index contributed by atoms with van der Waals surface area (Å²) >= 11 is 0. The van der Waals surface area contributed by atoms with Gasteiger partial charge in [0.25, 0.3) is 0 Å². The fraction of sp³-hybridized carbons (Fsp3) is 0.156. The molecule has 0 spiro atoms. The number of fused-ring (bicyclic) bond motifs is 9. The zero-order chi connectivity index (χ0) is 62.2. The van der Waals surface area contributed by atoms with E-state index >= 15 is 0 Å². The monoisotopic (exact) mass is 1190 g/mol. The first-order valence-electron chi connectivity index (χ1n) is 33.6. The molecule has 13 aromatic rings. The Balaban J connectivity index is 0.936. The van der Waals surface area contributed by atoms with Crippen LogP contribution in [0.3, 0.4) is 0 Å². The molecular formula is C90H78N2. The molecule has 0 amide bonds. The number of aromatic nitrogens is 1. The van der Waals surface area contributed by atoms with Gasteiger partial charge >= 0.3 is 0 Å². The van der Waals surface area contributed by atoms with E-state index in [1.54, 1.807) is 0 Å². The fourth-order valence-corrected chi connectivity index (χ4v) is 15.9. The third-order valence-corrected chi connectivity index (χ3v) is 20.4. The molecule has 0 saturated heterocycles. The zero-order valence-electron chi connectivity index (χ0n) is 53.1. The van der Waals surface area contributed by atoms with Gasteiger partial charge in [-0.25, -0.2) is 0 Å². The Morgan fingerprint density at radius 1 is 0.337 bits per heavy atom.